The maximum absolute atomic E-state index is 5.80. The first-order valence-electron chi connectivity index (χ1n) is 7.53. The number of hydrogen-bond acceptors (Lipinski definition) is 4. The molecule has 0 unspecified atom stereocenters. The van der Waals surface area contributed by atoms with Crippen molar-refractivity contribution < 1.29 is 4.74 Å². The van der Waals surface area contributed by atoms with E-state index in [1.54, 1.807) is 0 Å². The summed E-state index contributed by atoms with van der Waals surface area (Å²) in [6.45, 7) is 5.54. The van der Waals surface area contributed by atoms with Crippen LogP contribution in [0.2, 0.25) is 0 Å². The van der Waals surface area contributed by atoms with Gasteiger partial charge in [-0.3, -0.25) is 0 Å². The zero-order valence-corrected chi connectivity index (χ0v) is 12.4. The van der Waals surface area contributed by atoms with Crippen molar-refractivity contribution in [3.63, 3.8) is 0 Å². The van der Waals surface area contributed by atoms with Crippen LogP contribution in [0.25, 0.3) is 0 Å². The molecule has 0 aliphatic carbocycles. The largest absolute Gasteiger partial charge is 0.491 e. The molecule has 1 aromatic carbocycles. The maximum atomic E-state index is 5.80. The minimum absolute atomic E-state index is 0.776. The molecule has 1 N–H and O–H groups in total. The molecule has 1 aliphatic rings. The van der Waals surface area contributed by atoms with E-state index in [4.69, 9.17) is 4.74 Å². The van der Waals surface area contributed by atoms with Gasteiger partial charge in [-0.15, -0.1) is 0 Å². The number of pyridine rings is 1. The minimum Gasteiger partial charge on any atom is -0.491 e. The van der Waals surface area contributed by atoms with E-state index in [2.05, 4.69) is 46.4 Å². The van der Waals surface area contributed by atoms with E-state index in [9.17, 15) is 0 Å². The predicted octanol–water partition coefficient (Wildman–Crippen LogP) is 3.30. The summed E-state index contributed by atoms with van der Waals surface area (Å²) in [6.07, 6.45) is 1.03. The van der Waals surface area contributed by atoms with Gasteiger partial charge in [0.15, 0.2) is 0 Å². The Balaban J connectivity index is 1.82. The molecular formula is C17H21N3O. The molecule has 0 bridgehead atoms. The van der Waals surface area contributed by atoms with E-state index in [0.717, 1.165) is 55.6 Å². The van der Waals surface area contributed by atoms with Crippen molar-refractivity contribution in [1.29, 1.82) is 0 Å². The number of anilines is 2. The van der Waals surface area contributed by atoms with E-state index < -0.39 is 0 Å². The third-order valence-electron chi connectivity index (χ3n) is 3.55. The second-order valence-electron chi connectivity index (χ2n) is 5.14. The molecule has 3 rings (SSSR count). The van der Waals surface area contributed by atoms with Crippen LogP contribution in [0.15, 0.2) is 42.5 Å². The predicted molar refractivity (Wildman–Crippen MR) is 86.0 cm³/mol. The van der Waals surface area contributed by atoms with Crippen LogP contribution in [-0.2, 0) is 6.54 Å². The van der Waals surface area contributed by atoms with Crippen molar-refractivity contribution in [2.45, 2.75) is 19.9 Å². The van der Waals surface area contributed by atoms with Gasteiger partial charge >= 0.3 is 0 Å². The Morgan fingerprint density at radius 3 is 3.00 bits per heavy atom. The van der Waals surface area contributed by atoms with Crippen LogP contribution in [0.5, 0.6) is 5.75 Å². The molecule has 0 atom stereocenters. The van der Waals surface area contributed by atoms with Crippen LogP contribution in [0, 0.1) is 0 Å². The fraction of sp³-hybridized carbons (Fsp3) is 0.353. The van der Waals surface area contributed by atoms with Gasteiger partial charge < -0.3 is 15.0 Å². The lowest BCUT2D eigenvalue weighted by Crippen LogP contribution is -2.23. The van der Waals surface area contributed by atoms with Crippen LogP contribution < -0.4 is 15.0 Å². The van der Waals surface area contributed by atoms with Gasteiger partial charge in [0, 0.05) is 13.1 Å². The number of hydrogen-bond donors (Lipinski definition) is 1. The number of nitrogens with one attached hydrogen (secondary N) is 1. The molecule has 21 heavy (non-hydrogen) atoms. The standard InChI is InChI=1S/C17H21N3O/c1-2-18-17-10-5-7-14(19-17)13-20-11-6-12-21-16-9-4-3-8-15(16)20/h3-5,7-10H,2,6,11-13H2,1H3,(H,18,19). The zero-order valence-electron chi connectivity index (χ0n) is 12.4. The molecule has 1 aromatic heterocycles. The average Bonchev–Trinajstić information content (AvgIpc) is 2.71. The Bertz CT molecular complexity index is 600. The summed E-state index contributed by atoms with van der Waals surface area (Å²) in [6, 6.07) is 14.4. The van der Waals surface area contributed by atoms with Crippen LogP contribution in [0.3, 0.4) is 0 Å². The summed E-state index contributed by atoms with van der Waals surface area (Å²) in [5.41, 5.74) is 2.23. The number of rotatable bonds is 4. The second kappa shape index (κ2) is 6.48. The van der Waals surface area contributed by atoms with Gasteiger partial charge in [0.05, 0.1) is 24.5 Å². The topological polar surface area (TPSA) is 37.4 Å². The Morgan fingerprint density at radius 2 is 2.10 bits per heavy atom. The highest BCUT2D eigenvalue weighted by atomic mass is 16.5. The Hall–Kier alpha value is -2.23. The number of benzene rings is 1. The number of fused-ring (bicyclic) bond motifs is 1. The highest BCUT2D eigenvalue weighted by molar-refractivity contribution is 5.59. The molecule has 4 heteroatoms. The van der Waals surface area contributed by atoms with Crippen molar-refractivity contribution >= 4 is 11.5 Å². The second-order valence-corrected chi connectivity index (χ2v) is 5.14. The molecule has 0 radical (unpaired) electrons. The smallest absolute Gasteiger partial charge is 0.142 e. The van der Waals surface area contributed by atoms with Crippen molar-refractivity contribution in [3.8, 4) is 5.75 Å². The Labute approximate surface area is 125 Å². The van der Waals surface area contributed by atoms with Gasteiger partial charge in [-0.05, 0) is 37.6 Å². The highest BCUT2D eigenvalue weighted by Crippen LogP contribution is 2.31. The lowest BCUT2D eigenvalue weighted by Gasteiger charge is -2.23. The van der Waals surface area contributed by atoms with Crippen molar-refractivity contribution in [2.24, 2.45) is 0 Å². The number of ether oxygens (including phenoxy) is 1. The Kier molecular flexibility index (Phi) is 4.24. The van der Waals surface area contributed by atoms with Crippen LogP contribution in [-0.4, -0.2) is 24.7 Å². The van der Waals surface area contributed by atoms with E-state index in [1.165, 1.54) is 0 Å². The third-order valence-corrected chi connectivity index (χ3v) is 3.55. The van der Waals surface area contributed by atoms with Crippen molar-refractivity contribution in [1.82, 2.24) is 4.98 Å². The minimum atomic E-state index is 0.776. The molecule has 0 fully saturated rings. The summed E-state index contributed by atoms with van der Waals surface area (Å²) in [4.78, 5) is 7.01. The number of aromatic nitrogens is 1. The molecule has 2 heterocycles. The van der Waals surface area contributed by atoms with Gasteiger partial charge in [-0.2, -0.15) is 0 Å². The molecule has 110 valence electrons. The Morgan fingerprint density at radius 1 is 1.19 bits per heavy atom. The monoisotopic (exact) mass is 283 g/mol. The molecule has 0 saturated heterocycles. The van der Waals surface area contributed by atoms with E-state index in [0.29, 0.717) is 0 Å². The van der Waals surface area contributed by atoms with Gasteiger partial charge in [0.25, 0.3) is 0 Å². The quantitative estimate of drug-likeness (QED) is 0.934. The molecule has 0 spiro atoms. The summed E-state index contributed by atoms with van der Waals surface area (Å²) in [5, 5.41) is 3.26. The van der Waals surface area contributed by atoms with Crippen molar-refractivity contribution in [2.75, 3.05) is 29.9 Å². The lowest BCUT2D eigenvalue weighted by molar-refractivity contribution is 0.322. The first-order valence-corrected chi connectivity index (χ1v) is 7.53. The summed E-state index contributed by atoms with van der Waals surface area (Å²) in [5.74, 6) is 1.91. The molecule has 0 saturated carbocycles. The van der Waals surface area contributed by atoms with Crippen LogP contribution in [0.4, 0.5) is 11.5 Å². The van der Waals surface area contributed by atoms with Crippen LogP contribution in [0.1, 0.15) is 19.0 Å². The summed E-state index contributed by atoms with van der Waals surface area (Å²) < 4.78 is 5.80. The normalized spacial score (nSPS) is 14.0. The molecule has 2 aromatic rings. The number of nitrogens with zero attached hydrogens (tertiary/aromatic N) is 2. The highest BCUT2D eigenvalue weighted by Gasteiger charge is 2.16. The molecule has 4 nitrogen and oxygen atoms in total. The SMILES string of the molecule is CCNc1cccc(CN2CCCOc3ccccc32)n1. The summed E-state index contributed by atoms with van der Waals surface area (Å²) >= 11 is 0. The average molecular weight is 283 g/mol. The van der Waals surface area contributed by atoms with Gasteiger partial charge in [0.1, 0.15) is 11.6 Å². The third kappa shape index (κ3) is 3.27. The van der Waals surface area contributed by atoms with E-state index in [1.807, 2.05) is 18.2 Å². The fourth-order valence-corrected chi connectivity index (χ4v) is 2.61. The van der Waals surface area contributed by atoms with E-state index >= 15 is 0 Å². The van der Waals surface area contributed by atoms with Gasteiger partial charge in [0.2, 0.25) is 0 Å². The molecule has 1 aliphatic heterocycles. The first kappa shape index (κ1) is 13.7. The fourth-order valence-electron chi connectivity index (χ4n) is 2.61. The molecular weight excluding hydrogens is 262 g/mol. The van der Waals surface area contributed by atoms with Crippen LogP contribution >= 0.6 is 0 Å². The van der Waals surface area contributed by atoms with Gasteiger partial charge in [-0.1, -0.05) is 18.2 Å². The maximum Gasteiger partial charge on any atom is 0.142 e. The summed E-state index contributed by atoms with van der Waals surface area (Å²) in [7, 11) is 0. The lowest BCUT2D eigenvalue weighted by atomic mass is 10.2. The molecule has 0 amide bonds. The number of para-hydroxylation sites is 2. The van der Waals surface area contributed by atoms with Crippen molar-refractivity contribution in [3.05, 3.63) is 48.2 Å². The first-order chi connectivity index (χ1) is 10.4. The van der Waals surface area contributed by atoms with E-state index in [-0.39, 0.29) is 0 Å². The zero-order chi connectivity index (χ0) is 14.5. The van der Waals surface area contributed by atoms with Gasteiger partial charge in [-0.25, -0.2) is 4.98 Å².